The van der Waals surface area contributed by atoms with Crippen molar-refractivity contribution in [2.24, 2.45) is 0 Å². The molecule has 0 aromatic carbocycles. The third-order valence-electron chi connectivity index (χ3n) is 5.94. The van der Waals surface area contributed by atoms with Crippen LogP contribution in [0.5, 0.6) is 0 Å². The van der Waals surface area contributed by atoms with Crippen molar-refractivity contribution in [1.29, 1.82) is 0 Å². The van der Waals surface area contributed by atoms with Crippen LogP contribution < -0.4 is 10.6 Å². The Kier molecular flexibility index (Phi) is 23.3. The van der Waals surface area contributed by atoms with Crippen LogP contribution in [0.15, 0.2) is 0 Å². The molecule has 0 spiro atoms. The maximum Gasteiger partial charge on any atom is 0.330 e. The lowest BCUT2D eigenvalue weighted by molar-refractivity contribution is -0.146. The number of unbranched alkanes of at least 4 members (excludes halogenated alkanes) is 12. The molecule has 0 saturated heterocycles. The highest BCUT2D eigenvalue weighted by molar-refractivity contribution is 7.99. The monoisotopic (exact) mass is 546 g/mol. The largest absolute Gasteiger partial charge is 0.467 e. The van der Waals surface area contributed by atoms with Gasteiger partial charge in [0.1, 0.15) is 12.6 Å². The molecule has 0 bridgehead atoms. The number of carbonyl (C=O) groups is 4. The summed E-state index contributed by atoms with van der Waals surface area (Å²) in [4.78, 5) is 47.3. The highest BCUT2D eigenvalue weighted by Gasteiger charge is 2.26. The van der Waals surface area contributed by atoms with Crippen LogP contribution in [0, 0.1) is 0 Å². The van der Waals surface area contributed by atoms with Crippen molar-refractivity contribution in [1.82, 2.24) is 10.6 Å². The number of thioether (sulfide) groups is 1. The number of rotatable bonds is 24. The fourth-order valence-corrected chi connectivity index (χ4v) is 4.64. The predicted molar refractivity (Wildman–Crippen MR) is 147 cm³/mol. The van der Waals surface area contributed by atoms with E-state index in [0.717, 1.165) is 26.4 Å². The van der Waals surface area contributed by atoms with Gasteiger partial charge >= 0.3 is 11.9 Å². The zero-order valence-electron chi connectivity index (χ0n) is 23.2. The van der Waals surface area contributed by atoms with E-state index in [2.05, 4.69) is 22.3 Å². The van der Waals surface area contributed by atoms with Crippen molar-refractivity contribution >= 4 is 35.5 Å². The average Bonchev–Trinajstić information content (AvgIpc) is 2.88. The van der Waals surface area contributed by atoms with Gasteiger partial charge in [0.05, 0.1) is 13.7 Å². The van der Waals surface area contributed by atoms with Gasteiger partial charge in [-0.05, 0) is 6.42 Å². The molecule has 0 aliphatic heterocycles. The average molecular weight is 547 g/mol. The Morgan fingerprint density at radius 2 is 1.35 bits per heavy atom. The molecule has 0 saturated carbocycles. The van der Waals surface area contributed by atoms with Gasteiger partial charge < -0.3 is 25.2 Å². The number of esters is 2. The molecule has 0 fully saturated rings. The lowest BCUT2D eigenvalue weighted by atomic mass is 10.0. The Labute approximate surface area is 227 Å². The molecular formula is C27H50N2O7S. The Morgan fingerprint density at radius 3 is 1.84 bits per heavy atom. The lowest BCUT2D eigenvalue weighted by Crippen LogP contribution is -2.53. The molecule has 0 radical (unpaired) electrons. The van der Waals surface area contributed by atoms with E-state index in [0.29, 0.717) is 12.2 Å². The number of methoxy groups -OCH3 is 1. The number of amides is 2. The van der Waals surface area contributed by atoms with Crippen LogP contribution in [-0.4, -0.2) is 72.8 Å². The highest BCUT2D eigenvalue weighted by atomic mass is 32.2. The zero-order valence-corrected chi connectivity index (χ0v) is 24.0. The van der Waals surface area contributed by atoms with Gasteiger partial charge in [0.2, 0.25) is 11.8 Å². The molecule has 0 unspecified atom stereocenters. The summed E-state index contributed by atoms with van der Waals surface area (Å²) in [5.41, 5.74) is 0. The first-order valence-corrected chi connectivity index (χ1v) is 15.0. The minimum absolute atomic E-state index is 0.219. The van der Waals surface area contributed by atoms with E-state index in [1.165, 1.54) is 82.9 Å². The Morgan fingerprint density at radius 1 is 0.811 bits per heavy atom. The molecule has 0 heterocycles. The van der Waals surface area contributed by atoms with Gasteiger partial charge in [-0.25, -0.2) is 4.79 Å². The van der Waals surface area contributed by atoms with E-state index in [4.69, 9.17) is 4.74 Å². The van der Waals surface area contributed by atoms with Gasteiger partial charge in [-0.2, -0.15) is 11.8 Å². The van der Waals surface area contributed by atoms with Gasteiger partial charge in [-0.15, -0.1) is 0 Å². The summed E-state index contributed by atoms with van der Waals surface area (Å²) < 4.78 is 9.78. The normalized spacial score (nSPS) is 12.4. The Bertz CT molecular complexity index is 634. The summed E-state index contributed by atoms with van der Waals surface area (Å²) >= 11 is 1.34. The lowest BCUT2D eigenvalue weighted by Gasteiger charge is -2.20. The Hall–Kier alpha value is -1.81. The topological polar surface area (TPSA) is 131 Å². The van der Waals surface area contributed by atoms with Gasteiger partial charge in [0, 0.05) is 24.9 Å². The summed E-state index contributed by atoms with van der Waals surface area (Å²) in [6.45, 7) is 3.13. The molecule has 2 amide bonds. The first-order valence-electron chi connectivity index (χ1n) is 13.8. The van der Waals surface area contributed by atoms with Crippen LogP contribution >= 0.6 is 11.8 Å². The first kappa shape index (κ1) is 35.2. The van der Waals surface area contributed by atoms with E-state index < -0.39 is 36.5 Å². The minimum atomic E-state index is -1.20. The molecule has 0 aromatic heterocycles. The second-order valence-corrected chi connectivity index (χ2v) is 10.5. The molecule has 10 heteroatoms. The predicted octanol–water partition coefficient (Wildman–Crippen LogP) is 3.90. The minimum Gasteiger partial charge on any atom is -0.467 e. The van der Waals surface area contributed by atoms with Crippen LogP contribution in [0.4, 0.5) is 0 Å². The van der Waals surface area contributed by atoms with E-state index in [-0.39, 0.29) is 18.3 Å². The molecular weight excluding hydrogens is 496 g/mol. The SMILES string of the molecule is CCCCCCCCCCCCCCCC(=O)OCCSC[C@H](NC(C)=O)C(=O)N[C@@H](CO)C(=O)OC. The van der Waals surface area contributed by atoms with Crippen molar-refractivity contribution < 1.29 is 33.8 Å². The summed E-state index contributed by atoms with van der Waals surface area (Å²) in [6.07, 6.45) is 16.7. The van der Waals surface area contributed by atoms with Crippen molar-refractivity contribution in [3.8, 4) is 0 Å². The van der Waals surface area contributed by atoms with Crippen LogP contribution in [-0.2, 0) is 28.7 Å². The second kappa shape index (κ2) is 24.5. The van der Waals surface area contributed by atoms with Gasteiger partial charge in [0.15, 0.2) is 6.04 Å². The van der Waals surface area contributed by atoms with E-state index in [1.807, 2.05) is 0 Å². The number of hydrogen-bond donors (Lipinski definition) is 3. The Balaban J connectivity index is 3.86. The number of ether oxygens (including phenoxy) is 2. The van der Waals surface area contributed by atoms with Crippen molar-refractivity contribution in [2.75, 3.05) is 31.8 Å². The zero-order chi connectivity index (χ0) is 27.7. The van der Waals surface area contributed by atoms with Crippen LogP contribution in [0.2, 0.25) is 0 Å². The summed E-state index contributed by atoms with van der Waals surface area (Å²) in [5.74, 6) is -1.31. The van der Waals surface area contributed by atoms with Gasteiger partial charge in [-0.3, -0.25) is 14.4 Å². The molecule has 216 valence electrons. The molecule has 0 aliphatic carbocycles. The molecule has 2 atom stereocenters. The van der Waals surface area contributed by atoms with E-state index in [9.17, 15) is 24.3 Å². The summed E-state index contributed by atoms with van der Waals surface area (Å²) in [7, 11) is 1.15. The fraction of sp³-hybridized carbons (Fsp3) is 0.852. The second-order valence-electron chi connectivity index (χ2n) is 9.31. The quantitative estimate of drug-likeness (QED) is 0.123. The maximum atomic E-state index is 12.4. The molecule has 0 rings (SSSR count). The van der Waals surface area contributed by atoms with Crippen molar-refractivity contribution in [3.05, 3.63) is 0 Å². The molecule has 37 heavy (non-hydrogen) atoms. The number of carbonyl (C=O) groups excluding carboxylic acids is 4. The first-order chi connectivity index (χ1) is 17.8. The third kappa shape index (κ3) is 20.9. The molecule has 0 aliphatic rings. The summed E-state index contributed by atoms with van der Waals surface area (Å²) in [6, 6.07) is -2.10. The molecule has 9 nitrogen and oxygen atoms in total. The van der Waals surface area contributed by atoms with Crippen LogP contribution in [0.3, 0.4) is 0 Å². The number of aliphatic hydroxyl groups excluding tert-OH is 1. The fourth-order valence-electron chi connectivity index (χ4n) is 3.80. The standard InChI is InChI=1S/C27H50N2O7S/c1-4-5-6-7-8-9-10-11-12-13-14-15-16-17-25(32)36-18-19-37-21-24(28-22(2)31)26(33)29-23(20-30)27(34)35-3/h23-24,30H,4-21H2,1-3H3,(H,28,31)(H,29,33)/t23-,24-/m0/s1. The summed E-state index contributed by atoms with van der Waals surface area (Å²) in [5, 5.41) is 14.1. The van der Waals surface area contributed by atoms with Crippen molar-refractivity contribution in [2.45, 2.75) is 116 Å². The van der Waals surface area contributed by atoms with Crippen LogP contribution in [0.25, 0.3) is 0 Å². The maximum absolute atomic E-state index is 12.4. The number of nitrogens with one attached hydrogen (secondary N) is 2. The van der Waals surface area contributed by atoms with E-state index in [1.54, 1.807) is 0 Å². The van der Waals surface area contributed by atoms with Gasteiger partial charge in [-0.1, -0.05) is 84.0 Å². The number of aliphatic hydroxyl groups is 1. The molecule has 0 aromatic rings. The van der Waals surface area contributed by atoms with E-state index >= 15 is 0 Å². The highest BCUT2D eigenvalue weighted by Crippen LogP contribution is 2.13. The molecule has 3 N–H and O–H groups in total. The van der Waals surface area contributed by atoms with Gasteiger partial charge in [0.25, 0.3) is 0 Å². The number of hydrogen-bond acceptors (Lipinski definition) is 8. The third-order valence-corrected chi connectivity index (χ3v) is 6.96. The van der Waals surface area contributed by atoms with Crippen molar-refractivity contribution in [3.63, 3.8) is 0 Å². The van der Waals surface area contributed by atoms with Crippen LogP contribution in [0.1, 0.15) is 104 Å². The smallest absolute Gasteiger partial charge is 0.330 e.